The van der Waals surface area contributed by atoms with Gasteiger partial charge in [-0.1, -0.05) is 42.5 Å². The van der Waals surface area contributed by atoms with Gasteiger partial charge in [0.1, 0.15) is 0 Å². The fourth-order valence-electron chi connectivity index (χ4n) is 3.63. The lowest BCUT2D eigenvalue weighted by atomic mass is 10.1. The smallest absolute Gasteiger partial charge is 0.233 e. The topological polar surface area (TPSA) is 64.6 Å². The van der Waals surface area contributed by atoms with Gasteiger partial charge in [-0.3, -0.25) is 14.7 Å². The van der Waals surface area contributed by atoms with E-state index in [9.17, 15) is 4.79 Å². The van der Waals surface area contributed by atoms with Crippen LogP contribution in [0, 0.1) is 0 Å². The number of benzene rings is 2. The zero-order valence-corrected chi connectivity index (χ0v) is 17.9. The second kappa shape index (κ2) is 8.35. The lowest BCUT2D eigenvalue weighted by Gasteiger charge is -2.19. The highest BCUT2D eigenvalue weighted by Gasteiger charge is 2.23. The normalized spacial score (nSPS) is 12.3. The third-order valence-corrected chi connectivity index (χ3v) is 6.29. The number of nitrogens with zero attached hydrogens (tertiary/aromatic N) is 3. The molecule has 1 aliphatic rings. The molecule has 4 aromatic rings. The van der Waals surface area contributed by atoms with E-state index >= 15 is 0 Å². The Balaban J connectivity index is 1.49. The molecule has 0 radical (unpaired) electrons. The average Bonchev–Trinajstić information content (AvgIpc) is 3.44. The van der Waals surface area contributed by atoms with Crippen LogP contribution < -0.4 is 14.4 Å². The molecule has 31 heavy (non-hydrogen) atoms. The van der Waals surface area contributed by atoms with E-state index in [0.717, 1.165) is 27.9 Å². The number of ether oxygens (including phenoxy) is 2. The molecule has 1 amide bonds. The van der Waals surface area contributed by atoms with Crippen LogP contribution in [0.3, 0.4) is 0 Å². The van der Waals surface area contributed by atoms with Crippen molar-refractivity contribution in [1.29, 1.82) is 0 Å². The molecule has 0 atom stereocenters. The highest BCUT2D eigenvalue weighted by Crippen LogP contribution is 2.34. The van der Waals surface area contributed by atoms with Gasteiger partial charge in [0.25, 0.3) is 0 Å². The number of amides is 1. The monoisotopic (exact) mass is 431 g/mol. The predicted molar refractivity (Wildman–Crippen MR) is 121 cm³/mol. The van der Waals surface area contributed by atoms with Gasteiger partial charge in [0.2, 0.25) is 12.7 Å². The summed E-state index contributed by atoms with van der Waals surface area (Å²) in [5, 5.41) is 0.687. The van der Waals surface area contributed by atoms with Crippen LogP contribution in [0.4, 0.5) is 5.13 Å². The molecule has 0 spiro atoms. The van der Waals surface area contributed by atoms with Crippen molar-refractivity contribution in [2.45, 2.75) is 26.3 Å². The largest absolute Gasteiger partial charge is 0.454 e. The van der Waals surface area contributed by atoms with Crippen molar-refractivity contribution in [3.05, 3.63) is 77.6 Å². The van der Waals surface area contributed by atoms with E-state index in [2.05, 4.69) is 24.0 Å². The predicted octanol–water partition coefficient (Wildman–Crippen LogP) is 4.76. The molecule has 0 unspecified atom stereocenters. The Morgan fingerprint density at radius 3 is 2.84 bits per heavy atom. The molecule has 7 heteroatoms. The fourth-order valence-corrected chi connectivity index (χ4v) is 4.66. The molecule has 2 aromatic carbocycles. The van der Waals surface area contributed by atoms with Gasteiger partial charge in [-0.2, -0.15) is 0 Å². The van der Waals surface area contributed by atoms with E-state index in [1.807, 2.05) is 42.5 Å². The van der Waals surface area contributed by atoms with Crippen molar-refractivity contribution in [1.82, 2.24) is 9.97 Å². The molecule has 156 valence electrons. The van der Waals surface area contributed by atoms with Crippen molar-refractivity contribution < 1.29 is 14.3 Å². The summed E-state index contributed by atoms with van der Waals surface area (Å²) >= 11 is 1.53. The number of para-hydroxylation sites is 1. The molecule has 1 aliphatic heterocycles. The van der Waals surface area contributed by atoms with E-state index in [0.29, 0.717) is 23.2 Å². The minimum absolute atomic E-state index is 0.0402. The maximum absolute atomic E-state index is 13.4. The summed E-state index contributed by atoms with van der Waals surface area (Å²) in [5.74, 6) is 1.34. The van der Waals surface area contributed by atoms with Crippen molar-refractivity contribution in [3.8, 4) is 11.5 Å². The molecular weight excluding hydrogens is 410 g/mol. The second-order valence-electron chi connectivity index (χ2n) is 7.28. The first-order valence-electron chi connectivity index (χ1n) is 10.2. The lowest BCUT2D eigenvalue weighted by Crippen LogP contribution is -2.32. The molecule has 0 fully saturated rings. The van der Waals surface area contributed by atoms with Crippen LogP contribution in [0.25, 0.3) is 10.2 Å². The minimum atomic E-state index is -0.0402. The number of hydrogen-bond donors (Lipinski definition) is 0. The summed E-state index contributed by atoms with van der Waals surface area (Å²) in [6.07, 6.45) is 2.87. The first-order valence-corrected chi connectivity index (χ1v) is 11.0. The first kappa shape index (κ1) is 19.5. The Bertz CT molecular complexity index is 1240. The molecule has 0 saturated heterocycles. The van der Waals surface area contributed by atoms with E-state index in [1.54, 1.807) is 11.1 Å². The molecule has 6 nitrogen and oxygen atoms in total. The Kier molecular flexibility index (Phi) is 5.26. The average molecular weight is 432 g/mol. The molecule has 0 N–H and O–H groups in total. The maximum atomic E-state index is 13.4. The number of thiazole rings is 1. The summed E-state index contributed by atoms with van der Waals surface area (Å²) in [5.41, 5.74) is 3.83. The third-order valence-electron chi connectivity index (χ3n) is 5.24. The van der Waals surface area contributed by atoms with Crippen LogP contribution in [-0.4, -0.2) is 22.7 Å². The Labute approximate surface area is 184 Å². The molecular formula is C24H21N3O3S. The summed E-state index contributed by atoms with van der Waals surface area (Å²) < 4.78 is 11.9. The van der Waals surface area contributed by atoms with Crippen molar-refractivity contribution in [2.24, 2.45) is 0 Å². The zero-order valence-electron chi connectivity index (χ0n) is 17.1. The van der Waals surface area contributed by atoms with E-state index in [1.165, 1.54) is 16.9 Å². The van der Waals surface area contributed by atoms with Crippen LogP contribution in [0.1, 0.15) is 23.7 Å². The molecule has 0 aliphatic carbocycles. The third kappa shape index (κ3) is 3.96. The van der Waals surface area contributed by atoms with Gasteiger partial charge in [-0.25, -0.2) is 4.98 Å². The number of carbonyl (C=O) groups excluding carboxylic acids is 1. The second-order valence-corrected chi connectivity index (χ2v) is 8.29. The van der Waals surface area contributed by atoms with Gasteiger partial charge in [0.05, 0.1) is 28.9 Å². The van der Waals surface area contributed by atoms with Crippen LogP contribution in [0.5, 0.6) is 11.5 Å². The highest BCUT2D eigenvalue weighted by molar-refractivity contribution is 7.22. The number of pyridine rings is 1. The number of carbonyl (C=O) groups is 1. The number of rotatable bonds is 6. The molecule has 3 heterocycles. The molecule has 0 bridgehead atoms. The summed E-state index contributed by atoms with van der Waals surface area (Å²) in [6, 6.07) is 17.5. The van der Waals surface area contributed by atoms with Gasteiger partial charge in [-0.05, 0) is 47.9 Å². The summed E-state index contributed by atoms with van der Waals surface area (Å²) in [7, 11) is 0. The van der Waals surface area contributed by atoms with E-state index < -0.39 is 0 Å². The summed E-state index contributed by atoms with van der Waals surface area (Å²) in [4.78, 5) is 24.4. The fraction of sp³-hybridized carbons (Fsp3) is 0.208. The molecule has 5 rings (SSSR count). The first-order chi connectivity index (χ1) is 15.2. The van der Waals surface area contributed by atoms with Crippen LogP contribution in [-0.2, 0) is 24.2 Å². The number of anilines is 1. The van der Waals surface area contributed by atoms with Gasteiger partial charge >= 0.3 is 0 Å². The number of fused-ring (bicyclic) bond motifs is 2. The van der Waals surface area contributed by atoms with Crippen LogP contribution >= 0.6 is 11.3 Å². The van der Waals surface area contributed by atoms with Gasteiger partial charge in [0, 0.05) is 6.20 Å². The summed E-state index contributed by atoms with van der Waals surface area (Å²) in [6.45, 7) is 2.69. The van der Waals surface area contributed by atoms with Gasteiger partial charge in [0.15, 0.2) is 16.6 Å². The zero-order chi connectivity index (χ0) is 21.2. The molecule has 2 aromatic heterocycles. The standard InChI is InChI=1S/C24H21N3O3S/c1-2-17-6-5-8-21-23(17)26-24(31-21)27(14-18-7-3-4-11-25-18)22(28)13-16-9-10-19-20(12-16)30-15-29-19/h3-12H,2,13-15H2,1H3. The Hall–Kier alpha value is -3.45. The van der Waals surface area contributed by atoms with Crippen LogP contribution in [0.15, 0.2) is 60.8 Å². The van der Waals surface area contributed by atoms with E-state index in [4.69, 9.17) is 14.5 Å². The van der Waals surface area contributed by atoms with Crippen LogP contribution in [0.2, 0.25) is 0 Å². The number of aryl methyl sites for hydroxylation is 1. The van der Waals surface area contributed by atoms with Gasteiger partial charge < -0.3 is 9.47 Å². The lowest BCUT2D eigenvalue weighted by molar-refractivity contribution is -0.118. The highest BCUT2D eigenvalue weighted by atomic mass is 32.1. The Morgan fingerprint density at radius 1 is 1.10 bits per heavy atom. The van der Waals surface area contributed by atoms with Crippen molar-refractivity contribution in [3.63, 3.8) is 0 Å². The van der Waals surface area contributed by atoms with Crippen molar-refractivity contribution >= 4 is 32.6 Å². The SMILES string of the molecule is CCc1cccc2sc(N(Cc3ccccn3)C(=O)Cc3ccc4c(c3)OCO4)nc12. The number of hydrogen-bond acceptors (Lipinski definition) is 6. The maximum Gasteiger partial charge on any atom is 0.233 e. The van der Waals surface area contributed by atoms with Gasteiger partial charge in [-0.15, -0.1) is 0 Å². The quantitative estimate of drug-likeness (QED) is 0.440. The minimum Gasteiger partial charge on any atom is -0.454 e. The van der Waals surface area contributed by atoms with E-state index in [-0.39, 0.29) is 19.1 Å². The molecule has 0 saturated carbocycles. The Morgan fingerprint density at radius 2 is 2.00 bits per heavy atom. The van der Waals surface area contributed by atoms with Crippen molar-refractivity contribution in [2.75, 3.05) is 11.7 Å². The number of aromatic nitrogens is 2.